The lowest BCUT2D eigenvalue weighted by atomic mass is 10.5. The molecule has 0 fully saturated rings. The lowest BCUT2D eigenvalue weighted by Gasteiger charge is -2.28. The van der Waals surface area contributed by atoms with E-state index in [9.17, 15) is 13.2 Å². The average molecular weight is 194 g/mol. The fourth-order valence-electron chi connectivity index (χ4n) is 0.893. The molecule has 0 aliphatic heterocycles. The molecule has 0 aromatic carbocycles. The molecule has 0 saturated carbocycles. The van der Waals surface area contributed by atoms with Crippen molar-refractivity contribution in [3.05, 3.63) is 0 Å². The fourth-order valence-corrected chi connectivity index (χ4v) is 2.68. The topological polar surface area (TPSA) is 0 Å². The molecular weight excluding hydrogens is 181 g/mol. The van der Waals surface area contributed by atoms with E-state index in [0.717, 1.165) is 6.92 Å². The molecule has 0 radical (unpaired) electrons. The van der Waals surface area contributed by atoms with E-state index in [1.807, 2.05) is 0 Å². The highest BCUT2D eigenvalue weighted by molar-refractivity contribution is 6.87. The Balaban J connectivity index is 4.83. The van der Waals surface area contributed by atoms with Crippen LogP contribution < -0.4 is 0 Å². The van der Waals surface area contributed by atoms with Crippen molar-refractivity contribution in [1.29, 1.82) is 0 Å². The molecule has 12 heavy (non-hydrogen) atoms. The summed E-state index contributed by atoms with van der Waals surface area (Å²) in [6, 6.07) is 0. The summed E-state index contributed by atoms with van der Waals surface area (Å²) < 4.78 is 38.7. The van der Waals surface area contributed by atoms with Gasteiger partial charge in [-0.1, -0.05) is 13.1 Å². The number of rotatable bonds is 2. The highest BCUT2D eigenvalue weighted by atomic mass is 28.3. The maximum atomic E-state index is 13.1. The Morgan fingerprint density at radius 2 is 1.75 bits per heavy atom. The zero-order valence-electron chi connectivity index (χ0n) is 7.71. The van der Waals surface area contributed by atoms with Crippen molar-refractivity contribution in [2.45, 2.75) is 38.7 Å². The fraction of sp³-hybridized carbons (Fsp3) is 0.750. The predicted molar refractivity (Wildman–Crippen MR) is 46.4 cm³/mol. The number of hydrogen-bond acceptors (Lipinski definition) is 0. The van der Waals surface area contributed by atoms with Gasteiger partial charge in [0.25, 0.3) is 5.55 Å². The van der Waals surface area contributed by atoms with Crippen molar-refractivity contribution in [2.24, 2.45) is 0 Å². The summed E-state index contributed by atoms with van der Waals surface area (Å²) in [6.45, 7) is 5.12. The van der Waals surface area contributed by atoms with E-state index in [-0.39, 0.29) is 0 Å². The molecule has 0 aromatic heterocycles. The Bertz CT molecular complexity index is 210. The molecule has 0 aliphatic carbocycles. The van der Waals surface area contributed by atoms with Crippen LogP contribution in [0.3, 0.4) is 0 Å². The van der Waals surface area contributed by atoms with Gasteiger partial charge in [0.1, 0.15) is 0 Å². The van der Waals surface area contributed by atoms with Crippen molar-refractivity contribution >= 4 is 8.07 Å². The van der Waals surface area contributed by atoms with E-state index >= 15 is 0 Å². The summed E-state index contributed by atoms with van der Waals surface area (Å²) in [7, 11) is -3.06. The van der Waals surface area contributed by atoms with E-state index in [2.05, 4.69) is 11.5 Å². The molecule has 0 aliphatic rings. The van der Waals surface area contributed by atoms with Crippen LogP contribution in [-0.2, 0) is 0 Å². The van der Waals surface area contributed by atoms with Gasteiger partial charge < -0.3 is 0 Å². The van der Waals surface area contributed by atoms with E-state index < -0.39 is 19.8 Å². The van der Waals surface area contributed by atoms with E-state index in [4.69, 9.17) is 0 Å². The van der Waals surface area contributed by atoms with Crippen LogP contribution in [0.1, 0.15) is 13.8 Å². The molecule has 0 N–H and O–H groups in total. The molecule has 1 atom stereocenters. The second-order valence-electron chi connectivity index (χ2n) is 3.24. The first kappa shape index (κ1) is 11.6. The third-order valence-electron chi connectivity index (χ3n) is 1.77. The molecule has 4 heteroatoms. The van der Waals surface area contributed by atoms with Crippen LogP contribution in [0.2, 0.25) is 13.1 Å². The minimum Gasteiger partial charge on any atom is -0.242 e. The standard InChI is InChI=1S/C8H13F3Si/c1-5-6-12(3,4)8(10,11)7(2)9/h7H,1-4H3. The Kier molecular flexibility index (Phi) is 3.40. The van der Waals surface area contributed by atoms with Crippen LogP contribution in [-0.4, -0.2) is 19.8 Å². The Hall–Kier alpha value is -0.433. The van der Waals surface area contributed by atoms with Gasteiger partial charge in [-0.05, 0) is 13.8 Å². The molecule has 0 amide bonds. The summed E-state index contributed by atoms with van der Waals surface area (Å²) in [5.74, 6) is 2.43. The molecule has 0 bridgehead atoms. The molecule has 70 valence electrons. The minimum atomic E-state index is -3.25. The van der Waals surface area contributed by atoms with Gasteiger partial charge in [-0.2, -0.15) is 0 Å². The summed E-state index contributed by atoms with van der Waals surface area (Å²) in [5, 5.41) is 0. The van der Waals surface area contributed by atoms with Crippen LogP contribution in [0.4, 0.5) is 13.2 Å². The van der Waals surface area contributed by atoms with Crippen molar-refractivity contribution in [1.82, 2.24) is 0 Å². The van der Waals surface area contributed by atoms with Gasteiger partial charge in [0, 0.05) is 0 Å². The third kappa shape index (κ3) is 2.04. The van der Waals surface area contributed by atoms with Crippen molar-refractivity contribution in [2.75, 3.05) is 0 Å². The molecule has 0 aromatic rings. The summed E-state index contributed by atoms with van der Waals surface area (Å²) in [5.41, 5.74) is -0.812. The number of alkyl halides is 3. The van der Waals surface area contributed by atoms with E-state index in [1.165, 1.54) is 20.0 Å². The van der Waals surface area contributed by atoms with Crippen molar-refractivity contribution in [3.8, 4) is 11.5 Å². The quantitative estimate of drug-likeness (QED) is 0.468. The Morgan fingerprint density at radius 1 is 1.33 bits per heavy atom. The van der Waals surface area contributed by atoms with Gasteiger partial charge in [-0.15, -0.1) is 11.5 Å². The van der Waals surface area contributed by atoms with Crippen LogP contribution in [0.5, 0.6) is 0 Å². The first-order valence-electron chi connectivity index (χ1n) is 3.71. The van der Waals surface area contributed by atoms with Gasteiger partial charge in [-0.3, -0.25) is 0 Å². The predicted octanol–water partition coefficient (Wildman–Crippen LogP) is 2.79. The molecule has 0 heterocycles. The maximum Gasteiger partial charge on any atom is 0.271 e. The molecular formula is C8H13F3Si. The maximum absolute atomic E-state index is 13.1. The minimum absolute atomic E-state index is 0.881. The van der Waals surface area contributed by atoms with Crippen LogP contribution in [0.15, 0.2) is 0 Å². The van der Waals surface area contributed by atoms with Crippen molar-refractivity contribution in [3.63, 3.8) is 0 Å². The van der Waals surface area contributed by atoms with E-state index in [1.54, 1.807) is 0 Å². The lowest BCUT2D eigenvalue weighted by molar-refractivity contribution is 0.00518. The average Bonchev–Trinajstić information content (AvgIpc) is 1.86. The molecule has 0 saturated heterocycles. The lowest BCUT2D eigenvalue weighted by Crippen LogP contribution is -2.52. The number of halogens is 3. The Morgan fingerprint density at radius 3 is 2.00 bits per heavy atom. The molecule has 0 nitrogen and oxygen atoms in total. The van der Waals surface area contributed by atoms with Crippen LogP contribution >= 0.6 is 0 Å². The molecule has 1 unspecified atom stereocenters. The summed E-state index contributed by atoms with van der Waals surface area (Å²) in [6.07, 6.45) is -2.11. The third-order valence-corrected chi connectivity index (χ3v) is 4.71. The zero-order valence-corrected chi connectivity index (χ0v) is 8.71. The first-order valence-corrected chi connectivity index (χ1v) is 6.71. The van der Waals surface area contributed by atoms with E-state index in [0.29, 0.717) is 0 Å². The smallest absolute Gasteiger partial charge is 0.242 e. The van der Waals surface area contributed by atoms with Crippen LogP contribution in [0.25, 0.3) is 0 Å². The highest BCUT2D eigenvalue weighted by Crippen LogP contribution is 2.31. The SMILES string of the molecule is CC#C[Si](C)(C)C(F)(F)C(C)F. The van der Waals surface area contributed by atoms with Gasteiger partial charge in [0.2, 0.25) is 8.07 Å². The van der Waals surface area contributed by atoms with Gasteiger partial charge in [0.15, 0.2) is 6.17 Å². The van der Waals surface area contributed by atoms with Crippen LogP contribution in [0, 0.1) is 11.5 Å². The van der Waals surface area contributed by atoms with Gasteiger partial charge >= 0.3 is 0 Å². The van der Waals surface area contributed by atoms with Gasteiger partial charge in [0.05, 0.1) is 0 Å². The molecule has 0 spiro atoms. The first-order chi connectivity index (χ1) is 5.25. The second kappa shape index (κ2) is 3.52. The normalized spacial score (nSPS) is 14.9. The Labute approximate surface area is 72.2 Å². The highest BCUT2D eigenvalue weighted by Gasteiger charge is 2.52. The summed E-state index contributed by atoms with van der Waals surface area (Å²) in [4.78, 5) is 0. The monoisotopic (exact) mass is 194 g/mol. The number of hydrogen-bond donors (Lipinski definition) is 0. The van der Waals surface area contributed by atoms with Gasteiger partial charge in [-0.25, -0.2) is 13.2 Å². The molecule has 0 rings (SSSR count). The van der Waals surface area contributed by atoms with Crippen molar-refractivity contribution < 1.29 is 13.2 Å². The summed E-state index contributed by atoms with van der Waals surface area (Å²) >= 11 is 0. The zero-order chi connectivity index (χ0) is 9.99. The largest absolute Gasteiger partial charge is 0.271 e. The second-order valence-corrected chi connectivity index (χ2v) is 7.41.